The molecule has 0 atom stereocenters. The van der Waals surface area contributed by atoms with Gasteiger partial charge in [0.2, 0.25) is 0 Å². The van der Waals surface area contributed by atoms with Crippen LogP contribution in [0.1, 0.15) is 5.56 Å². The molecule has 0 fully saturated rings. The maximum absolute atomic E-state index is 10.1. The van der Waals surface area contributed by atoms with Gasteiger partial charge < -0.3 is 0 Å². The molecule has 1 aromatic rings. The van der Waals surface area contributed by atoms with Crippen molar-refractivity contribution in [1.29, 1.82) is 0 Å². The van der Waals surface area contributed by atoms with Crippen molar-refractivity contribution in [3.05, 3.63) is 27.2 Å². The molecule has 0 unspecified atom stereocenters. The minimum absolute atomic E-state index is 0.299. The summed E-state index contributed by atoms with van der Waals surface area (Å²) in [6, 6.07) is 1.63. The Hall–Kier alpha value is -1.17. The van der Waals surface area contributed by atoms with Crippen molar-refractivity contribution in [2.75, 3.05) is 5.43 Å². The normalized spacial score (nSPS) is 9.50. The maximum Gasteiger partial charge on any atom is 0.361 e. The summed E-state index contributed by atoms with van der Waals surface area (Å²) in [4.78, 5) is 13.9. The van der Waals surface area contributed by atoms with Crippen LogP contribution in [-0.4, -0.2) is 15.2 Å². The number of anilines is 1. The lowest BCUT2D eigenvalue weighted by atomic mass is 10.3. The molecular formula is C6H7BrN3O2+. The number of aromatic nitrogens is 1. The van der Waals surface area contributed by atoms with Gasteiger partial charge in [-0.3, -0.25) is 0 Å². The standard InChI is InChI=1S/C6H7BrN3O2/c1-4-2-6(9-10(11)12)8-3-5(4)7/h2-3H,1H3,(H,8,9)(H,11,12)/q+1. The summed E-state index contributed by atoms with van der Waals surface area (Å²) in [5, 5.41) is 7.89. The first kappa shape index (κ1) is 8.92. The van der Waals surface area contributed by atoms with Gasteiger partial charge in [-0.1, -0.05) is 5.43 Å². The molecule has 1 aromatic heterocycles. The summed E-state index contributed by atoms with van der Waals surface area (Å²) in [7, 11) is 0. The topological polar surface area (TPSA) is 65.2 Å². The molecule has 0 aromatic carbocycles. The minimum atomic E-state index is -0.393. The highest BCUT2D eigenvalue weighted by Gasteiger charge is 2.06. The lowest BCUT2D eigenvalue weighted by Crippen LogP contribution is -2.11. The second-order valence-corrected chi connectivity index (χ2v) is 3.06. The largest absolute Gasteiger partial charge is 0.361 e. The van der Waals surface area contributed by atoms with E-state index in [2.05, 4.69) is 26.3 Å². The quantitative estimate of drug-likeness (QED) is 0.762. The molecule has 0 aliphatic carbocycles. The Bertz CT molecular complexity index is 316. The van der Waals surface area contributed by atoms with Crippen molar-refractivity contribution in [2.45, 2.75) is 6.92 Å². The summed E-state index contributed by atoms with van der Waals surface area (Å²) in [5.74, 6) is 0.299. The number of pyridine rings is 1. The fourth-order valence-corrected chi connectivity index (χ4v) is 0.915. The zero-order valence-corrected chi connectivity index (χ0v) is 7.87. The number of hydrazine groups is 1. The van der Waals surface area contributed by atoms with Gasteiger partial charge in [0.1, 0.15) is 4.91 Å². The predicted octanol–water partition coefficient (Wildman–Crippen LogP) is 1.65. The van der Waals surface area contributed by atoms with E-state index in [-0.39, 0.29) is 0 Å². The third-order valence-electron chi connectivity index (χ3n) is 1.26. The summed E-state index contributed by atoms with van der Waals surface area (Å²) < 4.78 is 0.850. The van der Waals surface area contributed by atoms with Crippen LogP contribution in [0, 0.1) is 11.8 Å². The number of nitrogens with one attached hydrogen (secondary N) is 1. The van der Waals surface area contributed by atoms with Crippen molar-refractivity contribution in [3.63, 3.8) is 0 Å². The van der Waals surface area contributed by atoms with Crippen LogP contribution in [0.5, 0.6) is 0 Å². The summed E-state index contributed by atoms with van der Waals surface area (Å²) in [5.41, 5.74) is 3.00. The predicted molar refractivity (Wildman–Crippen MR) is 45.7 cm³/mol. The smallest absolute Gasteiger partial charge is 0.233 e. The van der Waals surface area contributed by atoms with Gasteiger partial charge in [0.05, 0.1) is 0 Å². The molecule has 0 spiro atoms. The second kappa shape index (κ2) is 3.48. The highest BCUT2D eigenvalue weighted by Crippen LogP contribution is 2.16. The Balaban J connectivity index is 2.89. The van der Waals surface area contributed by atoms with Crippen LogP contribution in [-0.2, 0) is 0 Å². The van der Waals surface area contributed by atoms with Crippen LogP contribution in [0.4, 0.5) is 5.82 Å². The third-order valence-corrected chi connectivity index (χ3v) is 2.09. The van der Waals surface area contributed by atoms with E-state index in [9.17, 15) is 4.91 Å². The molecule has 1 heterocycles. The number of halogens is 1. The summed E-state index contributed by atoms with van der Waals surface area (Å²) >= 11 is 3.25. The average Bonchev–Trinajstić information content (AvgIpc) is 1.96. The molecule has 0 amide bonds. The van der Waals surface area contributed by atoms with E-state index in [0.717, 1.165) is 10.0 Å². The number of hydrogen-bond donors (Lipinski definition) is 2. The number of nitrogens with zero attached hydrogens (tertiary/aromatic N) is 2. The molecule has 0 aliphatic rings. The first-order valence-electron chi connectivity index (χ1n) is 3.14. The van der Waals surface area contributed by atoms with Crippen molar-refractivity contribution in [1.82, 2.24) is 4.98 Å². The lowest BCUT2D eigenvalue weighted by Gasteiger charge is -1.97. The van der Waals surface area contributed by atoms with Crippen LogP contribution >= 0.6 is 15.9 Å². The van der Waals surface area contributed by atoms with Gasteiger partial charge in [0, 0.05) is 10.7 Å². The van der Waals surface area contributed by atoms with Gasteiger partial charge in [-0.2, -0.15) is 0 Å². The molecule has 0 bridgehead atoms. The fourth-order valence-electron chi connectivity index (χ4n) is 0.698. The van der Waals surface area contributed by atoms with Gasteiger partial charge in [-0.05, 0) is 34.5 Å². The Morgan fingerprint density at radius 1 is 1.75 bits per heavy atom. The molecule has 0 radical (unpaired) electrons. The number of rotatable bonds is 2. The lowest BCUT2D eigenvalue weighted by molar-refractivity contribution is -0.770. The van der Waals surface area contributed by atoms with Gasteiger partial charge in [0.25, 0.3) is 0 Å². The van der Waals surface area contributed by atoms with Gasteiger partial charge in [-0.25, -0.2) is 10.2 Å². The highest BCUT2D eigenvalue weighted by molar-refractivity contribution is 9.10. The molecule has 6 heteroatoms. The minimum Gasteiger partial charge on any atom is -0.233 e. The first-order chi connectivity index (χ1) is 5.59. The van der Waals surface area contributed by atoms with Crippen molar-refractivity contribution in [3.8, 4) is 0 Å². The van der Waals surface area contributed by atoms with E-state index in [1.165, 1.54) is 0 Å². The van der Waals surface area contributed by atoms with Crippen LogP contribution in [0.2, 0.25) is 0 Å². The fraction of sp³-hybridized carbons (Fsp3) is 0.167. The maximum atomic E-state index is 10.1. The van der Waals surface area contributed by atoms with E-state index in [4.69, 9.17) is 5.21 Å². The van der Waals surface area contributed by atoms with Crippen LogP contribution in [0.3, 0.4) is 0 Å². The molecular weight excluding hydrogens is 226 g/mol. The zero-order chi connectivity index (χ0) is 9.14. The van der Waals surface area contributed by atoms with Crippen molar-refractivity contribution >= 4 is 21.7 Å². The third kappa shape index (κ3) is 2.16. The van der Waals surface area contributed by atoms with E-state index in [1.807, 2.05) is 6.92 Å². The first-order valence-corrected chi connectivity index (χ1v) is 3.94. The van der Waals surface area contributed by atoms with Crippen molar-refractivity contribution in [2.24, 2.45) is 0 Å². The molecule has 12 heavy (non-hydrogen) atoms. The van der Waals surface area contributed by atoms with E-state index >= 15 is 0 Å². The van der Waals surface area contributed by atoms with Gasteiger partial charge in [0.15, 0.2) is 5.82 Å². The monoisotopic (exact) mass is 232 g/mol. The van der Waals surface area contributed by atoms with Crippen LogP contribution in [0.25, 0.3) is 0 Å². The molecule has 0 aliphatic heterocycles. The van der Waals surface area contributed by atoms with E-state index in [0.29, 0.717) is 5.82 Å². The number of aryl methyl sites for hydroxylation is 1. The molecule has 1 rings (SSSR count). The highest BCUT2D eigenvalue weighted by atomic mass is 79.9. The molecule has 64 valence electrons. The average molecular weight is 233 g/mol. The SMILES string of the molecule is Cc1cc(N[N+](=O)O)ncc1Br. The van der Waals surface area contributed by atoms with Crippen molar-refractivity contribution < 1.29 is 10.2 Å². The second-order valence-electron chi connectivity index (χ2n) is 2.20. The van der Waals surface area contributed by atoms with Gasteiger partial charge >= 0.3 is 5.03 Å². The summed E-state index contributed by atoms with van der Waals surface area (Å²) in [6.07, 6.45) is 1.54. The van der Waals surface area contributed by atoms with Gasteiger partial charge in [-0.15, -0.1) is 0 Å². The van der Waals surface area contributed by atoms with E-state index in [1.54, 1.807) is 12.3 Å². The molecule has 5 nitrogen and oxygen atoms in total. The Kier molecular flexibility index (Phi) is 2.59. The number of hydrogen-bond acceptors (Lipinski definition) is 2. The molecule has 2 N–H and O–H groups in total. The Morgan fingerprint density at radius 3 is 2.92 bits per heavy atom. The molecule has 0 saturated carbocycles. The zero-order valence-electron chi connectivity index (χ0n) is 6.28. The summed E-state index contributed by atoms with van der Waals surface area (Å²) in [6.45, 7) is 1.85. The Morgan fingerprint density at radius 2 is 2.42 bits per heavy atom. The van der Waals surface area contributed by atoms with Crippen LogP contribution in [0.15, 0.2) is 16.7 Å². The molecule has 0 saturated heterocycles. The van der Waals surface area contributed by atoms with Crippen LogP contribution < -0.4 is 5.43 Å². The van der Waals surface area contributed by atoms with E-state index < -0.39 is 5.03 Å². The Labute approximate surface area is 77.1 Å².